The summed E-state index contributed by atoms with van der Waals surface area (Å²) >= 11 is 0. The maximum atomic E-state index is 4.99. The minimum absolute atomic E-state index is 1.08. The van der Waals surface area contributed by atoms with Gasteiger partial charge in [0, 0.05) is 16.2 Å². The lowest BCUT2D eigenvalue weighted by Crippen LogP contribution is -1.99. The Morgan fingerprint density at radius 1 is 0.818 bits per heavy atom. The second-order valence-electron chi connectivity index (χ2n) is 5.96. The van der Waals surface area contributed by atoms with Gasteiger partial charge in [0.05, 0.1) is 11.0 Å². The zero-order valence-electron chi connectivity index (χ0n) is 12.2. The van der Waals surface area contributed by atoms with Crippen LogP contribution in [0.25, 0.3) is 38.7 Å². The van der Waals surface area contributed by atoms with Gasteiger partial charge in [-0.3, -0.25) is 0 Å². The summed E-state index contributed by atoms with van der Waals surface area (Å²) in [6.45, 7) is 0. The molecule has 1 heterocycles. The molecule has 5 rings (SSSR count). The smallest absolute Gasteiger partial charge is 0.0791 e. The normalized spacial score (nSPS) is 13.8. The first-order valence-corrected chi connectivity index (χ1v) is 7.81. The molecule has 0 saturated heterocycles. The highest BCUT2D eigenvalue weighted by atomic mass is 14.7. The predicted molar refractivity (Wildman–Crippen MR) is 94.1 cm³/mol. The van der Waals surface area contributed by atoms with Crippen molar-refractivity contribution in [2.24, 2.45) is 0 Å². The van der Waals surface area contributed by atoms with E-state index < -0.39 is 0 Å². The molecule has 1 aromatic heterocycles. The Morgan fingerprint density at radius 2 is 1.64 bits per heavy atom. The van der Waals surface area contributed by atoms with Crippen LogP contribution in [-0.2, 0) is 6.42 Å². The van der Waals surface area contributed by atoms with Crippen molar-refractivity contribution in [1.82, 2.24) is 4.98 Å². The number of rotatable bonds is 0. The molecule has 0 N–H and O–H groups in total. The Balaban J connectivity index is 2.09. The predicted octanol–water partition coefficient (Wildman–Crippen LogP) is 5.50. The van der Waals surface area contributed by atoms with E-state index in [1.807, 2.05) is 0 Å². The van der Waals surface area contributed by atoms with E-state index in [0.29, 0.717) is 0 Å². The number of aryl methyl sites for hydroxylation is 1. The fourth-order valence-electron chi connectivity index (χ4n) is 3.67. The highest BCUT2D eigenvalue weighted by molar-refractivity contribution is 6.13. The molecule has 0 fully saturated rings. The van der Waals surface area contributed by atoms with Crippen molar-refractivity contribution in [1.29, 1.82) is 0 Å². The monoisotopic (exact) mass is 281 g/mol. The summed E-state index contributed by atoms with van der Waals surface area (Å²) in [5, 5.41) is 5.12. The molecule has 1 aliphatic rings. The van der Waals surface area contributed by atoms with Crippen LogP contribution in [0.15, 0.2) is 60.7 Å². The third-order valence-corrected chi connectivity index (χ3v) is 4.69. The van der Waals surface area contributed by atoms with Gasteiger partial charge in [0.2, 0.25) is 0 Å². The maximum Gasteiger partial charge on any atom is 0.0791 e. The largest absolute Gasteiger partial charge is 0.247 e. The summed E-state index contributed by atoms with van der Waals surface area (Å²) < 4.78 is 0. The van der Waals surface area contributed by atoms with Gasteiger partial charge in [-0.1, -0.05) is 54.6 Å². The number of fused-ring (bicyclic) bond motifs is 7. The van der Waals surface area contributed by atoms with Crippen molar-refractivity contribution < 1.29 is 0 Å². The van der Waals surface area contributed by atoms with E-state index in [4.69, 9.17) is 4.98 Å². The van der Waals surface area contributed by atoms with Gasteiger partial charge in [0.1, 0.15) is 0 Å². The highest BCUT2D eigenvalue weighted by Gasteiger charge is 2.15. The zero-order valence-corrected chi connectivity index (χ0v) is 12.2. The molecule has 3 aromatic carbocycles. The lowest BCUT2D eigenvalue weighted by atomic mass is 9.88. The Bertz CT molecular complexity index is 1070. The molecule has 22 heavy (non-hydrogen) atoms. The Kier molecular flexibility index (Phi) is 2.39. The van der Waals surface area contributed by atoms with Crippen molar-refractivity contribution in [2.75, 3.05) is 0 Å². The first-order chi connectivity index (χ1) is 10.9. The number of para-hydroxylation sites is 1. The molecule has 4 aromatic rings. The second kappa shape index (κ2) is 4.41. The van der Waals surface area contributed by atoms with Crippen LogP contribution in [-0.4, -0.2) is 4.98 Å². The van der Waals surface area contributed by atoms with Crippen molar-refractivity contribution in [2.45, 2.75) is 12.8 Å². The van der Waals surface area contributed by atoms with Crippen molar-refractivity contribution in [3.63, 3.8) is 0 Å². The van der Waals surface area contributed by atoms with Crippen LogP contribution in [0.2, 0.25) is 0 Å². The van der Waals surface area contributed by atoms with Gasteiger partial charge >= 0.3 is 0 Å². The number of hydrogen-bond donors (Lipinski definition) is 0. The molecular weight excluding hydrogens is 266 g/mol. The SMILES string of the molecule is C1=Cc2c(c3cc4ccccc4nc3c3ccccc23)CC1. The standard InChI is InChI=1S/C21H15N/c1-6-12-20-14(7-1)13-19-17-10-3-2-8-15(17)16-9-4-5-11-18(16)21(19)22-20/h1-2,4-9,11-13H,3,10H2. The number of allylic oxidation sites excluding steroid dienone is 1. The molecule has 104 valence electrons. The molecule has 0 radical (unpaired) electrons. The van der Waals surface area contributed by atoms with Crippen LogP contribution in [0.4, 0.5) is 0 Å². The number of pyridine rings is 1. The van der Waals surface area contributed by atoms with Gasteiger partial charge in [0.15, 0.2) is 0 Å². The van der Waals surface area contributed by atoms with Gasteiger partial charge in [-0.2, -0.15) is 0 Å². The average Bonchev–Trinajstić information content (AvgIpc) is 2.61. The van der Waals surface area contributed by atoms with Gasteiger partial charge in [-0.25, -0.2) is 4.98 Å². The Hall–Kier alpha value is -2.67. The zero-order chi connectivity index (χ0) is 14.5. The van der Waals surface area contributed by atoms with Crippen LogP contribution in [0.3, 0.4) is 0 Å². The fourth-order valence-corrected chi connectivity index (χ4v) is 3.67. The van der Waals surface area contributed by atoms with E-state index in [1.54, 1.807) is 0 Å². The summed E-state index contributed by atoms with van der Waals surface area (Å²) in [7, 11) is 0. The van der Waals surface area contributed by atoms with E-state index in [-0.39, 0.29) is 0 Å². The first-order valence-electron chi connectivity index (χ1n) is 7.81. The fraction of sp³-hybridized carbons (Fsp3) is 0.0952. The number of nitrogens with zero attached hydrogens (tertiary/aromatic N) is 1. The topological polar surface area (TPSA) is 12.9 Å². The minimum Gasteiger partial charge on any atom is -0.247 e. The molecule has 0 amide bonds. The summed E-state index contributed by atoms with van der Waals surface area (Å²) in [5.41, 5.74) is 5.05. The van der Waals surface area contributed by atoms with Crippen LogP contribution in [0, 0.1) is 0 Å². The Morgan fingerprint density at radius 3 is 2.59 bits per heavy atom. The van der Waals surface area contributed by atoms with Crippen molar-refractivity contribution in [3.05, 3.63) is 71.8 Å². The molecular formula is C21H15N. The van der Waals surface area contributed by atoms with Crippen LogP contribution < -0.4 is 0 Å². The Labute approximate surface area is 128 Å². The van der Waals surface area contributed by atoms with Crippen molar-refractivity contribution in [3.8, 4) is 0 Å². The quantitative estimate of drug-likeness (QED) is 0.306. The van der Waals surface area contributed by atoms with Gasteiger partial charge in [-0.05, 0) is 41.5 Å². The van der Waals surface area contributed by atoms with E-state index in [1.165, 1.54) is 32.7 Å². The lowest BCUT2D eigenvalue weighted by Gasteiger charge is -2.17. The third kappa shape index (κ3) is 1.57. The second-order valence-corrected chi connectivity index (χ2v) is 5.96. The summed E-state index contributed by atoms with van der Waals surface area (Å²) in [6, 6.07) is 19.4. The van der Waals surface area contributed by atoms with Gasteiger partial charge in [0.25, 0.3) is 0 Å². The average molecular weight is 281 g/mol. The van der Waals surface area contributed by atoms with E-state index in [2.05, 4.69) is 66.7 Å². The third-order valence-electron chi connectivity index (χ3n) is 4.69. The molecule has 1 aliphatic carbocycles. The maximum absolute atomic E-state index is 4.99. The number of benzene rings is 3. The molecule has 0 saturated carbocycles. The first kappa shape index (κ1) is 11.9. The van der Waals surface area contributed by atoms with Crippen LogP contribution in [0.5, 0.6) is 0 Å². The highest BCUT2D eigenvalue weighted by Crippen LogP contribution is 2.36. The molecule has 0 aliphatic heterocycles. The summed E-state index contributed by atoms with van der Waals surface area (Å²) in [4.78, 5) is 4.99. The van der Waals surface area contributed by atoms with Gasteiger partial charge < -0.3 is 0 Å². The van der Waals surface area contributed by atoms with E-state index in [9.17, 15) is 0 Å². The molecule has 1 nitrogen and oxygen atoms in total. The van der Waals surface area contributed by atoms with E-state index >= 15 is 0 Å². The van der Waals surface area contributed by atoms with Crippen LogP contribution in [0.1, 0.15) is 17.5 Å². The molecule has 0 unspecified atom stereocenters. The number of aromatic nitrogens is 1. The van der Waals surface area contributed by atoms with E-state index in [0.717, 1.165) is 23.9 Å². The van der Waals surface area contributed by atoms with Gasteiger partial charge in [-0.15, -0.1) is 0 Å². The minimum atomic E-state index is 1.08. The lowest BCUT2D eigenvalue weighted by molar-refractivity contribution is 1.00. The van der Waals surface area contributed by atoms with Crippen molar-refractivity contribution >= 4 is 38.7 Å². The summed E-state index contributed by atoms with van der Waals surface area (Å²) in [5.74, 6) is 0. The van der Waals surface area contributed by atoms with Crippen LogP contribution >= 0.6 is 0 Å². The summed E-state index contributed by atoms with van der Waals surface area (Å²) in [6.07, 6.45) is 6.80. The number of hydrogen-bond acceptors (Lipinski definition) is 1. The molecule has 0 spiro atoms. The molecule has 1 heteroatoms. The molecule has 0 atom stereocenters. The molecule has 0 bridgehead atoms.